The highest BCUT2D eigenvalue weighted by molar-refractivity contribution is 6.05. The van der Waals surface area contributed by atoms with Gasteiger partial charge in [-0.2, -0.15) is 0 Å². The quantitative estimate of drug-likeness (QED) is 0.706. The summed E-state index contributed by atoms with van der Waals surface area (Å²) in [7, 11) is 1.61. The second-order valence-electron chi connectivity index (χ2n) is 5.60. The van der Waals surface area contributed by atoms with Gasteiger partial charge in [0.2, 0.25) is 0 Å². The van der Waals surface area contributed by atoms with Crippen molar-refractivity contribution in [2.24, 2.45) is 0 Å². The zero-order valence-corrected chi connectivity index (χ0v) is 14.2. The number of hydrogen-bond acceptors (Lipinski definition) is 4. The predicted molar refractivity (Wildman–Crippen MR) is 98.2 cm³/mol. The summed E-state index contributed by atoms with van der Waals surface area (Å²) in [5.41, 5.74) is 2.57. The summed E-state index contributed by atoms with van der Waals surface area (Å²) in [6, 6.07) is 17.3. The van der Waals surface area contributed by atoms with E-state index in [1.54, 1.807) is 55.6 Å². The topological polar surface area (TPSA) is 80.6 Å². The number of carbonyl (C=O) groups is 2. The molecular formula is C20H18N2O4. The van der Waals surface area contributed by atoms with Gasteiger partial charge in [-0.25, -0.2) is 0 Å². The molecule has 2 N–H and O–H groups in total. The maximum Gasteiger partial charge on any atom is 0.291 e. The highest BCUT2D eigenvalue weighted by Gasteiger charge is 2.10. The predicted octanol–water partition coefficient (Wildman–Crippen LogP) is 3.93. The number of hydrogen-bond donors (Lipinski definition) is 2. The van der Waals surface area contributed by atoms with Crippen LogP contribution in [0.3, 0.4) is 0 Å². The molecule has 1 heterocycles. The number of furan rings is 1. The van der Waals surface area contributed by atoms with Gasteiger partial charge in [0.25, 0.3) is 11.8 Å². The van der Waals surface area contributed by atoms with Gasteiger partial charge in [0.1, 0.15) is 0 Å². The number of rotatable bonds is 6. The van der Waals surface area contributed by atoms with Gasteiger partial charge in [-0.15, -0.1) is 0 Å². The standard InChI is InChI=1S/C20H18N2O4/c1-25-13-14-5-2-6-15(11-14)19(23)21-16-7-3-8-17(12-16)22-20(24)18-9-4-10-26-18/h2-12H,13H2,1H3,(H,21,23)(H,22,24). The third-order valence-corrected chi connectivity index (χ3v) is 3.62. The molecule has 132 valence electrons. The fraction of sp³-hybridized carbons (Fsp3) is 0.100. The van der Waals surface area contributed by atoms with Crippen molar-refractivity contribution in [3.63, 3.8) is 0 Å². The van der Waals surface area contributed by atoms with E-state index in [-0.39, 0.29) is 17.6 Å². The van der Waals surface area contributed by atoms with Crippen LogP contribution in [0.25, 0.3) is 0 Å². The van der Waals surface area contributed by atoms with Gasteiger partial charge < -0.3 is 19.8 Å². The molecule has 3 aromatic rings. The molecule has 0 radical (unpaired) electrons. The summed E-state index contributed by atoms with van der Waals surface area (Å²) < 4.78 is 10.1. The van der Waals surface area contributed by atoms with Gasteiger partial charge in [-0.1, -0.05) is 18.2 Å². The molecule has 0 bridgehead atoms. The first-order valence-corrected chi connectivity index (χ1v) is 8.00. The Hall–Kier alpha value is -3.38. The van der Waals surface area contributed by atoms with Gasteiger partial charge in [-0.05, 0) is 48.0 Å². The Labute approximate surface area is 150 Å². The van der Waals surface area contributed by atoms with E-state index in [9.17, 15) is 9.59 Å². The van der Waals surface area contributed by atoms with Crippen LogP contribution in [0.1, 0.15) is 26.5 Å². The Balaban J connectivity index is 1.69. The molecule has 0 saturated heterocycles. The molecule has 0 aliphatic carbocycles. The number of amides is 2. The minimum atomic E-state index is -0.356. The van der Waals surface area contributed by atoms with Crippen molar-refractivity contribution in [3.8, 4) is 0 Å². The van der Waals surface area contributed by atoms with E-state index < -0.39 is 0 Å². The number of benzene rings is 2. The summed E-state index contributed by atoms with van der Waals surface area (Å²) in [6.45, 7) is 0.440. The number of carbonyl (C=O) groups excluding carboxylic acids is 2. The van der Waals surface area contributed by atoms with E-state index in [2.05, 4.69) is 10.6 Å². The molecule has 0 fully saturated rings. The minimum Gasteiger partial charge on any atom is -0.459 e. The van der Waals surface area contributed by atoms with Crippen molar-refractivity contribution in [3.05, 3.63) is 83.8 Å². The summed E-state index contributed by atoms with van der Waals surface area (Å²) in [5, 5.41) is 5.54. The lowest BCUT2D eigenvalue weighted by Gasteiger charge is -2.09. The number of nitrogens with one attached hydrogen (secondary N) is 2. The number of methoxy groups -OCH3 is 1. The normalized spacial score (nSPS) is 10.3. The van der Waals surface area contributed by atoms with Gasteiger partial charge in [-0.3, -0.25) is 9.59 Å². The lowest BCUT2D eigenvalue weighted by atomic mass is 10.1. The largest absolute Gasteiger partial charge is 0.459 e. The molecule has 0 unspecified atom stereocenters. The summed E-state index contributed by atoms with van der Waals surface area (Å²) in [6.07, 6.45) is 1.43. The van der Waals surface area contributed by atoms with Crippen LogP contribution in [0, 0.1) is 0 Å². The number of ether oxygens (including phenoxy) is 1. The zero-order valence-electron chi connectivity index (χ0n) is 14.2. The third kappa shape index (κ3) is 4.37. The maximum atomic E-state index is 12.4. The highest BCUT2D eigenvalue weighted by Crippen LogP contribution is 2.17. The van der Waals surface area contributed by atoms with Crippen molar-refractivity contribution in [1.29, 1.82) is 0 Å². The van der Waals surface area contributed by atoms with Crippen LogP contribution < -0.4 is 10.6 Å². The first kappa shape index (κ1) is 17.4. The summed E-state index contributed by atoms with van der Waals surface area (Å²) >= 11 is 0. The van der Waals surface area contributed by atoms with E-state index in [4.69, 9.17) is 9.15 Å². The lowest BCUT2D eigenvalue weighted by Crippen LogP contribution is -2.14. The second kappa shape index (κ2) is 8.13. The first-order valence-electron chi connectivity index (χ1n) is 8.00. The minimum absolute atomic E-state index is 0.217. The van der Waals surface area contributed by atoms with Crippen molar-refractivity contribution < 1.29 is 18.7 Å². The monoisotopic (exact) mass is 350 g/mol. The van der Waals surface area contributed by atoms with Gasteiger partial charge >= 0.3 is 0 Å². The molecule has 1 aromatic heterocycles. The molecule has 2 aromatic carbocycles. The fourth-order valence-corrected chi connectivity index (χ4v) is 2.45. The van der Waals surface area contributed by atoms with E-state index in [1.165, 1.54) is 6.26 Å². The van der Waals surface area contributed by atoms with Crippen LogP contribution in [-0.4, -0.2) is 18.9 Å². The maximum absolute atomic E-state index is 12.4. The molecule has 6 heteroatoms. The summed E-state index contributed by atoms with van der Waals surface area (Å²) in [5.74, 6) is -0.377. The van der Waals surface area contributed by atoms with Crippen LogP contribution in [-0.2, 0) is 11.3 Å². The average molecular weight is 350 g/mol. The van der Waals surface area contributed by atoms with E-state index in [0.29, 0.717) is 23.5 Å². The van der Waals surface area contributed by atoms with Gasteiger partial charge in [0.05, 0.1) is 12.9 Å². The van der Waals surface area contributed by atoms with Gasteiger partial charge in [0, 0.05) is 24.0 Å². The van der Waals surface area contributed by atoms with E-state index >= 15 is 0 Å². The fourth-order valence-electron chi connectivity index (χ4n) is 2.45. The van der Waals surface area contributed by atoms with Gasteiger partial charge in [0.15, 0.2) is 5.76 Å². The molecule has 2 amide bonds. The molecule has 0 aliphatic heterocycles. The Morgan fingerprint density at radius 3 is 2.35 bits per heavy atom. The molecule has 0 spiro atoms. The average Bonchev–Trinajstić information content (AvgIpc) is 3.17. The van der Waals surface area contributed by atoms with Crippen molar-refractivity contribution in [2.45, 2.75) is 6.61 Å². The van der Waals surface area contributed by atoms with Crippen LogP contribution in [0.4, 0.5) is 11.4 Å². The van der Waals surface area contributed by atoms with Crippen molar-refractivity contribution >= 4 is 23.2 Å². The smallest absolute Gasteiger partial charge is 0.291 e. The Morgan fingerprint density at radius 1 is 0.923 bits per heavy atom. The zero-order chi connectivity index (χ0) is 18.4. The molecule has 0 aliphatic rings. The van der Waals surface area contributed by atoms with Crippen LogP contribution in [0.2, 0.25) is 0 Å². The van der Waals surface area contributed by atoms with E-state index in [0.717, 1.165) is 5.56 Å². The highest BCUT2D eigenvalue weighted by atomic mass is 16.5. The third-order valence-electron chi connectivity index (χ3n) is 3.62. The molecule has 0 saturated carbocycles. The Kier molecular flexibility index (Phi) is 5.46. The SMILES string of the molecule is COCc1cccc(C(=O)Nc2cccc(NC(=O)c3ccco3)c2)c1. The van der Waals surface area contributed by atoms with Crippen LogP contribution in [0.5, 0.6) is 0 Å². The van der Waals surface area contributed by atoms with Crippen LogP contribution >= 0.6 is 0 Å². The summed E-state index contributed by atoms with van der Waals surface area (Å²) in [4.78, 5) is 24.5. The molecule has 0 atom stereocenters. The Bertz CT molecular complexity index is 904. The first-order chi connectivity index (χ1) is 12.7. The molecule has 3 rings (SSSR count). The van der Waals surface area contributed by atoms with E-state index in [1.807, 2.05) is 12.1 Å². The molecular weight excluding hydrogens is 332 g/mol. The lowest BCUT2D eigenvalue weighted by molar-refractivity contribution is 0.0995. The van der Waals surface area contributed by atoms with Crippen LogP contribution in [0.15, 0.2) is 71.3 Å². The van der Waals surface area contributed by atoms with Crippen molar-refractivity contribution in [2.75, 3.05) is 17.7 Å². The number of anilines is 2. The Morgan fingerprint density at radius 2 is 1.65 bits per heavy atom. The molecule has 6 nitrogen and oxygen atoms in total. The molecule has 26 heavy (non-hydrogen) atoms. The van der Waals surface area contributed by atoms with Crippen molar-refractivity contribution in [1.82, 2.24) is 0 Å². The second-order valence-corrected chi connectivity index (χ2v) is 5.60.